The lowest BCUT2D eigenvalue weighted by atomic mass is 10.2. The number of anilines is 1. The molecule has 0 aliphatic heterocycles. The SMILES string of the molecule is CCCc1noc(CCC(=O)Nc2ccc3sc(C(=O)OCC)cc3c2)n1. The van der Waals surface area contributed by atoms with Gasteiger partial charge in [-0.25, -0.2) is 4.79 Å². The highest BCUT2D eigenvalue weighted by Gasteiger charge is 2.13. The highest BCUT2D eigenvalue weighted by atomic mass is 32.1. The minimum Gasteiger partial charge on any atom is -0.462 e. The van der Waals surface area contributed by atoms with Crippen molar-refractivity contribution in [3.8, 4) is 0 Å². The fourth-order valence-corrected chi connectivity index (χ4v) is 3.52. The zero-order chi connectivity index (χ0) is 19.2. The van der Waals surface area contributed by atoms with E-state index >= 15 is 0 Å². The maximum Gasteiger partial charge on any atom is 0.348 e. The van der Waals surface area contributed by atoms with Crippen LogP contribution in [0.25, 0.3) is 10.1 Å². The van der Waals surface area contributed by atoms with Crippen LogP contribution in [-0.4, -0.2) is 28.6 Å². The number of hydrogen-bond donors (Lipinski definition) is 1. The minimum absolute atomic E-state index is 0.134. The molecule has 2 aromatic heterocycles. The zero-order valence-corrected chi connectivity index (χ0v) is 16.1. The minimum atomic E-state index is -0.328. The summed E-state index contributed by atoms with van der Waals surface area (Å²) in [5.74, 6) is 0.686. The van der Waals surface area contributed by atoms with Crippen molar-refractivity contribution >= 4 is 39.0 Å². The Kier molecular flexibility index (Phi) is 6.18. The number of carbonyl (C=O) groups excluding carboxylic acids is 2. The number of aryl methyl sites for hydroxylation is 2. The highest BCUT2D eigenvalue weighted by Crippen LogP contribution is 2.28. The maximum atomic E-state index is 12.2. The van der Waals surface area contributed by atoms with Crippen molar-refractivity contribution in [1.29, 1.82) is 0 Å². The van der Waals surface area contributed by atoms with Gasteiger partial charge in [-0.1, -0.05) is 12.1 Å². The van der Waals surface area contributed by atoms with Crippen molar-refractivity contribution in [2.45, 2.75) is 39.5 Å². The molecule has 0 fully saturated rings. The number of aromatic nitrogens is 2. The van der Waals surface area contributed by atoms with Crippen LogP contribution in [0.15, 0.2) is 28.8 Å². The molecule has 1 aromatic carbocycles. The van der Waals surface area contributed by atoms with E-state index in [4.69, 9.17) is 9.26 Å². The standard InChI is InChI=1S/C19H21N3O4S/c1-3-5-16-21-18(26-22-16)9-8-17(23)20-13-6-7-14-12(10-13)11-15(27-14)19(24)25-4-2/h6-7,10-11H,3-5,8-9H2,1-2H3,(H,20,23). The van der Waals surface area contributed by atoms with Gasteiger partial charge >= 0.3 is 5.97 Å². The predicted molar refractivity (Wildman–Crippen MR) is 103 cm³/mol. The van der Waals surface area contributed by atoms with Crippen LogP contribution in [0.2, 0.25) is 0 Å². The lowest BCUT2D eigenvalue weighted by molar-refractivity contribution is -0.116. The first-order valence-electron chi connectivity index (χ1n) is 8.91. The lowest BCUT2D eigenvalue weighted by Gasteiger charge is -2.04. The number of fused-ring (bicyclic) bond motifs is 1. The molecule has 0 aliphatic carbocycles. The molecule has 0 spiro atoms. The third kappa shape index (κ3) is 4.91. The van der Waals surface area contributed by atoms with Gasteiger partial charge in [-0.05, 0) is 43.0 Å². The molecule has 0 saturated heterocycles. The molecule has 142 valence electrons. The second-order valence-electron chi connectivity index (χ2n) is 5.99. The zero-order valence-electron chi connectivity index (χ0n) is 15.3. The Bertz CT molecular complexity index is 947. The summed E-state index contributed by atoms with van der Waals surface area (Å²) in [7, 11) is 0. The van der Waals surface area contributed by atoms with Gasteiger partial charge in [0.25, 0.3) is 0 Å². The van der Waals surface area contributed by atoms with Gasteiger partial charge in [0.1, 0.15) is 4.88 Å². The fourth-order valence-electron chi connectivity index (χ4n) is 2.58. The second-order valence-corrected chi connectivity index (χ2v) is 7.07. The van der Waals surface area contributed by atoms with Crippen LogP contribution >= 0.6 is 11.3 Å². The second kappa shape index (κ2) is 8.77. The number of rotatable bonds is 8. The molecule has 0 saturated carbocycles. The van der Waals surface area contributed by atoms with Crippen LogP contribution in [-0.2, 0) is 22.4 Å². The molecule has 1 amide bonds. The van der Waals surface area contributed by atoms with Gasteiger partial charge in [-0.3, -0.25) is 4.79 Å². The summed E-state index contributed by atoms with van der Waals surface area (Å²) in [6.45, 7) is 4.16. The Hall–Kier alpha value is -2.74. The van der Waals surface area contributed by atoms with E-state index in [-0.39, 0.29) is 18.3 Å². The van der Waals surface area contributed by atoms with Crippen LogP contribution in [0.3, 0.4) is 0 Å². The first-order valence-corrected chi connectivity index (χ1v) is 9.72. The van der Waals surface area contributed by atoms with E-state index in [1.54, 1.807) is 13.0 Å². The Morgan fingerprint density at radius 3 is 2.85 bits per heavy atom. The summed E-state index contributed by atoms with van der Waals surface area (Å²) in [6, 6.07) is 7.32. The summed E-state index contributed by atoms with van der Waals surface area (Å²) in [5.41, 5.74) is 0.679. The maximum absolute atomic E-state index is 12.2. The van der Waals surface area contributed by atoms with Crippen LogP contribution in [0, 0.1) is 0 Å². The predicted octanol–water partition coefficient (Wildman–Crippen LogP) is 3.98. The van der Waals surface area contributed by atoms with Crippen molar-refractivity contribution in [2.24, 2.45) is 0 Å². The summed E-state index contributed by atoms with van der Waals surface area (Å²) in [6.07, 6.45) is 2.37. The summed E-state index contributed by atoms with van der Waals surface area (Å²) in [4.78, 5) is 28.8. The van der Waals surface area contributed by atoms with Crippen molar-refractivity contribution in [2.75, 3.05) is 11.9 Å². The van der Waals surface area contributed by atoms with Crippen molar-refractivity contribution in [3.05, 3.63) is 40.9 Å². The normalized spacial score (nSPS) is 10.9. The van der Waals surface area contributed by atoms with Gasteiger partial charge in [-0.15, -0.1) is 11.3 Å². The molecule has 2 heterocycles. The van der Waals surface area contributed by atoms with E-state index in [1.165, 1.54) is 11.3 Å². The van der Waals surface area contributed by atoms with Crippen molar-refractivity contribution in [1.82, 2.24) is 10.1 Å². The molecule has 0 unspecified atom stereocenters. The van der Waals surface area contributed by atoms with Crippen LogP contribution in [0.4, 0.5) is 5.69 Å². The van der Waals surface area contributed by atoms with Gasteiger partial charge in [0.2, 0.25) is 11.8 Å². The molecular formula is C19H21N3O4S. The smallest absolute Gasteiger partial charge is 0.348 e. The molecule has 0 bridgehead atoms. The number of nitrogens with one attached hydrogen (secondary N) is 1. The molecule has 27 heavy (non-hydrogen) atoms. The Morgan fingerprint density at radius 1 is 1.22 bits per heavy atom. The third-order valence-electron chi connectivity index (χ3n) is 3.83. The van der Waals surface area contributed by atoms with E-state index < -0.39 is 0 Å². The monoisotopic (exact) mass is 387 g/mol. The fraction of sp³-hybridized carbons (Fsp3) is 0.368. The lowest BCUT2D eigenvalue weighted by Crippen LogP contribution is -2.12. The van der Waals surface area contributed by atoms with E-state index in [2.05, 4.69) is 15.5 Å². The number of thiophene rings is 1. The van der Waals surface area contributed by atoms with Crippen LogP contribution in [0.1, 0.15) is 48.1 Å². The van der Waals surface area contributed by atoms with Crippen molar-refractivity contribution < 1.29 is 18.8 Å². The third-order valence-corrected chi connectivity index (χ3v) is 4.92. The largest absolute Gasteiger partial charge is 0.462 e. The van der Waals surface area contributed by atoms with E-state index in [9.17, 15) is 9.59 Å². The first kappa shape index (κ1) is 19.0. The van der Waals surface area contributed by atoms with Gasteiger partial charge in [0.15, 0.2) is 5.82 Å². The first-order chi connectivity index (χ1) is 13.1. The van der Waals surface area contributed by atoms with Gasteiger partial charge in [-0.2, -0.15) is 4.98 Å². The topological polar surface area (TPSA) is 94.3 Å². The molecule has 0 atom stereocenters. The quantitative estimate of drug-likeness (QED) is 0.588. The Labute approximate surface area is 160 Å². The number of hydrogen-bond acceptors (Lipinski definition) is 7. The van der Waals surface area contributed by atoms with Crippen LogP contribution in [0.5, 0.6) is 0 Å². The van der Waals surface area contributed by atoms with Crippen molar-refractivity contribution in [3.63, 3.8) is 0 Å². The summed E-state index contributed by atoms with van der Waals surface area (Å²) >= 11 is 1.37. The molecule has 8 heteroatoms. The number of benzene rings is 1. The number of carbonyl (C=O) groups is 2. The van der Waals surface area contributed by atoms with Gasteiger partial charge < -0.3 is 14.6 Å². The molecule has 3 rings (SSSR count). The van der Waals surface area contributed by atoms with E-state index in [0.29, 0.717) is 35.3 Å². The molecule has 0 aliphatic rings. The van der Waals surface area contributed by atoms with Gasteiger partial charge in [0, 0.05) is 29.6 Å². The van der Waals surface area contributed by atoms with Crippen LogP contribution < -0.4 is 5.32 Å². The van der Waals surface area contributed by atoms with Gasteiger partial charge in [0.05, 0.1) is 6.61 Å². The van der Waals surface area contributed by atoms with E-state index in [0.717, 1.165) is 22.9 Å². The number of ether oxygens (including phenoxy) is 1. The molecule has 7 nitrogen and oxygen atoms in total. The van der Waals surface area contributed by atoms with E-state index in [1.807, 2.05) is 25.1 Å². The number of esters is 1. The average Bonchev–Trinajstić information content (AvgIpc) is 3.27. The number of amides is 1. The summed E-state index contributed by atoms with van der Waals surface area (Å²) in [5, 5.41) is 7.63. The highest BCUT2D eigenvalue weighted by molar-refractivity contribution is 7.20. The molecule has 0 radical (unpaired) electrons. The molecular weight excluding hydrogens is 366 g/mol. The Morgan fingerprint density at radius 2 is 2.07 bits per heavy atom. The molecule has 3 aromatic rings. The number of nitrogens with zero attached hydrogens (tertiary/aromatic N) is 2. The summed E-state index contributed by atoms with van der Waals surface area (Å²) < 4.78 is 11.1. The average molecular weight is 387 g/mol. The Balaban J connectivity index is 1.59. The molecule has 1 N–H and O–H groups in total.